The van der Waals surface area contributed by atoms with Crippen LogP contribution >= 0.6 is 12.4 Å². The molecule has 0 aliphatic rings. The zero-order valence-electron chi connectivity index (χ0n) is 12.4. The summed E-state index contributed by atoms with van der Waals surface area (Å²) in [5, 5.41) is 7.26. The maximum Gasteiger partial charge on any atom is 0.269 e. The highest BCUT2D eigenvalue weighted by Gasteiger charge is 2.21. The van der Waals surface area contributed by atoms with Crippen LogP contribution in [0.25, 0.3) is 0 Å². The molecule has 0 aliphatic heterocycles. The second-order valence-electron chi connectivity index (χ2n) is 5.84. The number of carbonyl (C=O) groups is 1. The SMILES string of the molecule is CC(CN)CNC(=O)c1cc(C(C)(C)C)nn1C.Cl. The summed E-state index contributed by atoms with van der Waals surface area (Å²) in [5.41, 5.74) is 6.97. The zero-order chi connectivity index (χ0) is 13.9. The lowest BCUT2D eigenvalue weighted by Crippen LogP contribution is -2.32. The van der Waals surface area contributed by atoms with Gasteiger partial charge in [0.05, 0.1) is 5.69 Å². The first-order valence-electron chi connectivity index (χ1n) is 6.28. The maximum absolute atomic E-state index is 12.0. The second kappa shape index (κ2) is 6.91. The molecule has 1 aromatic heterocycles. The molecule has 1 amide bonds. The van der Waals surface area contributed by atoms with Gasteiger partial charge in [0.1, 0.15) is 5.69 Å². The van der Waals surface area contributed by atoms with Crippen molar-refractivity contribution in [3.63, 3.8) is 0 Å². The van der Waals surface area contributed by atoms with Crippen molar-refractivity contribution in [3.8, 4) is 0 Å². The number of aromatic nitrogens is 2. The van der Waals surface area contributed by atoms with Crippen molar-refractivity contribution in [2.45, 2.75) is 33.1 Å². The van der Waals surface area contributed by atoms with Gasteiger partial charge in [-0.15, -0.1) is 12.4 Å². The maximum atomic E-state index is 12.0. The molecule has 0 bridgehead atoms. The lowest BCUT2D eigenvalue weighted by molar-refractivity contribution is 0.0939. The monoisotopic (exact) mass is 288 g/mol. The molecule has 1 aromatic rings. The molecule has 0 aromatic carbocycles. The molecular weight excluding hydrogens is 264 g/mol. The van der Waals surface area contributed by atoms with Gasteiger partial charge in [0.15, 0.2) is 0 Å². The fourth-order valence-corrected chi connectivity index (χ4v) is 1.49. The Bertz CT molecular complexity index is 423. The van der Waals surface area contributed by atoms with Crippen LogP contribution in [0.2, 0.25) is 0 Å². The number of hydrogen-bond donors (Lipinski definition) is 2. The van der Waals surface area contributed by atoms with Crippen molar-refractivity contribution < 1.29 is 4.79 Å². The molecule has 3 N–H and O–H groups in total. The van der Waals surface area contributed by atoms with Crippen LogP contribution in [0.1, 0.15) is 43.9 Å². The van der Waals surface area contributed by atoms with Crippen LogP contribution in [0.5, 0.6) is 0 Å². The van der Waals surface area contributed by atoms with Crippen LogP contribution in [-0.2, 0) is 12.5 Å². The normalized spacial score (nSPS) is 12.7. The Hall–Kier alpha value is -1.07. The van der Waals surface area contributed by atoms with Gasteiger partial charge in [-0.1, -0.05) is 27.7 Å². The summed E-state index contributed by atoms with van der Waals surface area (Å²) in [7, 11) is 1.79. The highest BCUT2D eigenvalue weighted by molar-refractivity contribution is 5.92. The number of halogens is 1. The number of nitrogens with two attached hydrogens (primary N) is 1. The Labute approximate surface area is 121 Å². The van der Waals surface area contributed by atoms with E-state index in [4.69, 9.17) is 5.73 Å². The van der Waals surface area contributed by atoms with Crippen LogP contribution in [0.15, 0.2) is 6.07 Å². The summed E-state index contributed by atoms with van der Waals surface area (Å²) in [6.07, 6.45) is 0. The van der Waals surface area contributed by atoms with Gasteiger partial charge < -0.3 is 11.1 Å². The molecule has 19 heavy (non-hydrogen) atoms. The molecule has 1 unspecified atom stereocenters. The molecule has 110 valence electrons. The standard InChI is InChI=1S/C13H24N4O.ClH/c1-9(7-14)8-15-12(18)10-6-11(13(2,3)4)16-17(10)5;/h6,9H,7-8,14H2,1-5H3,(H,15,18);1H. The Balaban J connectivity index is 0.00000324. The molecule has 1 rings (SSSR count). The number of nitrogens with one attached hydrogen (secondary N) is 1. The Morgan fingerprint density at radius 2 is 2.11 bits per heavy atom. The first-order chi connectivity index (χ1) is 8.25. The van der Waals surface area contributed by atoms with Crippen LogP contribution in [0.4, 0.5) is 0 Å². The molecule has 1 atom stereocenters. The first-order valence-corrected chi connectivity index (χ1v) is 6.28. The van der Waals surface area contributed by atoms with Gasteiger partial charge in [0, 0.05) is 19.0 Å². The van der Waals surface area contributed by atoms with Gasteiger partial charge in [0.25, 0.3) is 5.91 Å². The number of hydrogen-bond acceptors (Lipinski definition) is 3. The number of carbonyl (C=O) groups excluding carboxylic acids is 1. The van der Waals surface area contributed by atoms with Crippen molar-refractivity contribution in [2.24, 2.45) is 18.7 Å². The highest BCUT2D eigenvalue weighted by Crippen LogP contribution is 2.21. The van der Waals surface area contributed by atoms with Crippen LogP contribution in [-0.4, -0.2) is 28.8 Å². The molecule has 5 nitrogen and oxygen atoms in total. The van der Waals surface area contributed by atoms with E-state index in [1.807, 2.05) is 13.0 Å². The van der Waals surface area contributed by atoms with E-state index in [2.05, 4.69) is 31.2 Å². The van der Waals surface area contributed by atoms with Crippen LogP contribution < -0.4 is 11.1 Å². The molecule has 0 radical (unpaired) electrons. The molecule has 0 spiro atoms. The fraction of sp³-hybridized carbons (Fsp3) is 0.692. The van der Waals surface area contributed by atoms with Gasteiger partial charge in [-0.2, -0.15) is 5.10 Å². The average Bonchev–Trinajstić information content (AvgIpc) is 2.67. The molecule has 0 fully saturated rings. The van der Waals surface area contributed by atoms with Crippen molar-refractivity contribution >= 4 is 18.3 Å². The summed E-state index contributed by atoms with van der Waals surface area (Å²) in [6.45, 7) is 9.39. The van der Waals surface area contributed by atoms with Crippen LogP contribution in [0.3, 0.4) is 0 Å². The lowest BCUT2D eigenvalue weighted by Gasteiger charge is -2.13. The van der Waals surface area contributed by atoms with Gasteiger partial charge in [-0.3, -0.25) is 9.48 Å². The quantitative estimate of drug-likeness (QED) is 0.881. The van der Waals surface area contributed by atoms with E-state index >= 15 is 0 Å². The number of rotatable bonds is 4. The molecule has 0 aliphatic carbocycles. The highest BCUT2D eigenvalue weighted by atomic mass is 35.5. The molecule has 0 saturated carbocycles. The minimum absolute atomic E-state index is 0. The van der Waals surface area contributed by atoms with Crippen molar-refractivity contribution in [1.82, 2.24) is 15.1 Å². The zero-order valence-corrected chi connectivity index (χ0v) is 13.2. The van der Waals surface area contributed by atoms with E-state index in [1.165, 1.54) is 0 Å². The van der Waals surface area contributed by atoms with Gasteiger partial charge in [-0.05, 0) is 18.5 Å². The molecule has 1 heterocycles. The van der Waals surface area contributed by atoms with Gasteiger partial charge >= 0.3 is 0 Å². The van der Waals surface area contributed by atoms with E-state index in [0.29, 0.717) is 18.8 Å². The number of amides is 1. The second-order valence-corrected chi connectivity index (χ2v) is 5.84. The third-order valence-electron chi connectivity index (χ3n) is 2.89. The van der Waals surface area contributed by atoms with Crippen molar-refractivity contribution in [3.05, 3.63) is 17.5 Å². The number of aryl methyl sites for hydroxylation is 1. The molecule has 6 heteroatoms. The minimum Gasteiger partial charge on any atom is -0.350 e. The number of nitrogens with zero attached hydrogens (tertiary/aromatic N) is 2. The van der Waals surface area contributed by atoms with Crippen LogP contribution in [0, 0.1) is 5.92 Å². The molecule has 0 saturated heterocycles. The van der Waals surface area contributed by atoms with Gasteiger partial charge in [0.2, 0.25) is 0 Å². The average molecular weight is 289 g/mol. The van der Waals surface area contributed by atoms with E-state index in [1.54, 1.807) is 11.7 Å². The summed E-state index contributed by atoms with van der Waals surface area (Å²) < 4.78 is 1.63. The summed E-state index contributed by atoms with van der Waals surface area (Å²) in [6, 6.07) is 1.85. The van der Waals surface area contributed by atoms with E-state index in [0.717, 1.165) is 5.69 Å². The third kappa shape index (κ3) is 4.84. The fourth-order valence-electron chi connectivity index (χ4n) is 1.49. The third-order valence-corrected chi connectivity index (χ3v) is 2.89. The predicted octanol–water partition coefficient (Wildman–Crippen LogP) is 1.46. The minimum atomic E-state index is -0.0965. The molecular formula is C13H25ClN4O. The van der Waals surface area contributed by atoms with E-state index in [9.17, 15) is 4.79 Å². The topological polar surface area (TPSA) is 72.9 Å². The van der Waals surface area contributed by atoms with Crippen molar-refractivity contribution in [2.75, 3.05) is 13.1 Å². The Morgan fingerprint density at radius 1 is 1.53 bits per heavy atom. The largest absolute Gasteiger partial charge is 0.350 e. The summed E-state index contributed by atoms with van der Waals surface area (Å²) in [5.74, 6) is 0.185. The van der Waals surface area contributed by atoms with E-state index in [-0.39, 0.29) is 29.6 Å². The first kappa shape index (κ1) is 17.9. The Kier molecular flexibility index (Phi) is 6.52. The summed E-state index contributed by atoms with van der Waals surface area (Å²) in [4.78, 5) is 12.0. The van der Waals surface area contributed by atoms with Crippen molar-refractivity contribution in [1.29, 1.82) is 0 Å². The lowest BCUT2D eigenvalue weighted by atomic mass is 9.92. The van der Waals surface area contributed by atoms with Gasteiger partial charge in [-0.25, -0.2) is 0 Å². The Morgan fingerprint density at radius 3 is 2.53 bits per heavy atom. The summed E-state index contributed by atoms with van der Waals surface area (Å²) >= 11 is 0. The predicted molar refractivity (Wildman–Crippen MR) is 79.7 cm³/mol. The smallest absolute Gasteiger partial charge is 0.269 e. The van der Waals surface area contributed by atoms with E-state index < -0.39 is 0 Å².